The van der Waals surface area contributed by atoms with Gasteiger partial charge in [-0.2, -0.15) is 0 Å². The summed E-state index contributed by atoms with van der Waals surface area (Å²) in [5.41, 5.74) is 11.1. The number of fused-ring (bicyclic) bond motifs is 1. The molecule has 4 aromatic rings. The van der Waals surface area contributed by atoms with Gasteiger partial charge in [0, 0.05) is 49.3 Å². The number of anilines is 2. The molecule has 1 aromatic carbocycles. The summed E-state index contributed by atoms with van der Waals surface area (Å²) >= 11 is 0. The summed E-state index contributed by atoms with van der Waals surface area (Å²) in [6.45, 7) is 9.44. The van der Waals surface area contributed by atoms with Crippen molar-refractivity contribution in [1.82, 2.24) is 24.8 Å². The number of carbonyl (C=O) groups excluding carboxylic acids is 2. The number of nitrogen functional groups attached to an aromatic ring is 1. The maximum absolute atomic E-state index is 12.7. The van der Waals surface area contributed by atoms with Crippen molar-refractivity contribution in [3.63, 3.8) is 0 Å². The van der Waals surface area contributed by atoms with Crippen LogP contribution in [0, 0.1) is 0 Å². The molecule has 0 unspecified atom stereocenters. The molecule has 0 aliphatic rings. The van der Waals surface area contributed by atoms with E-state index in [1.165, 1.54) is 6.33 Å². The quantitative estimate of drug-likeness (QED) is 0.303. The summed E-state index contributed by atoms with van der Waals surface area (Å²) < 4.78 is 7.30. The van der Waals surface area contributed by atoms with E-state index >= 15 is 0 Å². The molecule has 10 nitrogen and oxygen atoms in total. The highest BCUT2D eigenvalue weighted by molar-refractivity contribution is 6.08. The molecule has 3 heterocycles. The highest BCUT2D eigenvalue weighted by atomic mass is 16.5. The predicted molar refractivity (Wildman–Crippen MR) is 148 cm³/mol. The van der Waals surface area contributed by atoms with Gasteiger partial charge in [0.05, 0.1) is 16.7 Å². The minimum absolute atomic E-state index is 0.243. The number of pyridine rings is 1. The monoisotopic (exact) mass is 513 g/mol. The van der Waals surface area contributed by atoms with Crippen LogP contribution in [0.1, 0.15) is 31.3 Å². The van der Waals surface area contributed by atoms with Crippen molar-refractivity contribution in [3.8, 4) is 22.4 Å². The fourth-order valence-electron chi connectivity index (χ4n) is 3.98. The third-order valence-corrected chi connectivity index (χ3v) is 6.31. The van der Waals surface area contributed by atoms with E-state index in [9.17, 15) is 9.59 Å². The fourth-order valence-corrected chi connectivity index (χ4v) is 3.98. The number of aromatic nitrogens is 4. The molecule has 0 aliphatic heterocycles. The number of carbonyl (C=O) groups is 2. The number of benzene rings is 1. The number of rotatable bonds is 8. The van der Waals surface area contributed by atoms with Gasteiger partial charge in [0.25, 0.3) is 11.8 Å². The molecule has 10 heteroatoms. The predicted octanol–water partition coefficient (Wildman–Crippen LogP) is 3.95. The Balaban J connectivity index is 1.75. The summed E-state index contributed by atoms with van der Waals surface area (Å²) in [5.74, 6) is -0.206. The molecule has 0 spiro atoms. The summed E-state index contributed by atoms with van der Waals surface area (Å²) in [6.07, 6.45) is 3.07. The van der Waals surface area contributed by atoms with Crippen LogP contribution in [0.3, 0.4) is 0 Å². The van der Waals surface area contributed by atoms with Gasteiger partial charge in [0.2, 0.25) is 0 Å². The second-order valence-electron chi connectivity index (χ2n) is 9.63. The van der Waals surface area contributed by atoms with Crippen LogP contribution in [0.5, 0.6) is 0 Å². The smallest absolute Gasteiger partial charge is 0.269 e. The van der Waals surface area contributed by atoms with Gasteiger partial charge in [0.1, 0.15) is 23.5 Å². The van der Waals surface area contributed by atoms with Gasteiger partial charge < -0.3 is 25.7 Å². The number of aryl methyl sites for hydroxylation is 1. The third-order valence-electron chi connectivity index (χ3n) is 6.31. The van der Waals surface area contributed by atoms with Crippen molar-refractivity contribution in [2.24, 2.45) is 7.05 Å². The van der Waals surface area contributed by atoms with E-state index in [2.05, 4.69) is 32.2 Å². The molecule has 4 N–H and O–H groups in total. The summed E-state index contributed by atoms with van der Waals surface area (Å²) in [4.78, 5) is 37.8. The van der Waals surface area contributed by atoms with Crippen LogP contribution >= 0.6 is 0 Å². The molecular weight excluding hydrogens is 482 g/mol. The van der Waals surface area contributed by atoms with Crippen LogP contribution in [0.2, 0.25) is 0 Å². The molecule has 38 heavy (non-hydrogen) atoms. The molecule has 0 fully saturated rings. The van der Waals surface area contributed by atoms with Crippen LogP contribution in [-0.2, 0) is 16.6 Å². The van der Waals surface area contributed by atoms with Crippen LogP contribution in [0.15, 0.2) is 61.1 Å². The summed E-state index contributed by atoms with van der Waals surface area (Å²) in [6, 6.07) is 10.9. The Morgan fingerprint density at radius 3 is 2.37 bits per heavy atom. The number of amides is 2. The lowest BCUT2D eigenvalue weighted by Gasteiger charge is -2.22. The van der Waals surface area contributed by atoms with Gasteiger partial charge in [-0.05, 0) is 44.5 Å². The first-order valence-electron chi connectivity index (χ1n) is 12.0. The van der Waals surface area contributed by atoms with Crippen molar-refractivity contribution in [2.45, 2.75) is 26.4 Å². The zero-order valence-electron chi connectivity index (χ0n) is 22.1. The molecule has 3 aromatic heterocycles. The van der Waals surface area contributed by atoms with Crippen molar-refractivity contribution in [2.75, 3.05) is 24.7 Å². The molecule has 0 atom stereocenters. The van der Waals surface area contributed by atoms with Crippen molar-refractivity contribution >= 4 is 34.4 Å². The van der Waals surface area contributed by atoms with E-state index < -0.39 is 5.60 Å². The normalized spacial score (nSPS) is 11.4. The number of hydrogen-bond donors (Lipinski definition) is 3. The molecule has 2 amide bonds. The van der Waals surface area contributed by atoms with Crippen molar-refractivity contribution < 1.29 is 14.3 Å². The first kappa shape index (κ1) is 26.5. The SMILES string of the molecule is C=C(C)C(=O)Nc1ccc(-c2c(-c3ccc(C(=O)NCC(C)(C)OC)nc3)c3c(N)ncnc3n2C)cc1. The van der Waals surface area contributed by atoms with Gasteiger partial charge in [0.15, 0.2) is 0 Å². The Kier molecular flexibility index (Phi) is 7.27. The Labute approximate surface area is 221 Å². The van der Waals surface area contributed by atoms with Gasteiger partial charge in [-0.25, -0.2) is 9.97 Å². The molecule has 0 saturated carbocycles. The Bertz CT molecular complexity index is 1520. The topological polar surface area (TPSA) is 137 Å². The highest BCUT2D eigenvalue weighted by Crippen LogP contribution is 2.41. The average molecular weight is 514 g/mol. The van der Waals surface area contributed by atoms with Crippen molar-refractivity contribution in [3.05, 3.63) is 66.8 Å². The molecule has 0 radical (unpaired) electrons. The second-order valence-corrected chi connectivity index (χ2v) is 9.63. The van der Waals surface area contributed by atoms with Gasteiger partial charge in [-0.3, -0.25) is 14.6 Å². The molecule has 0 aliphatic carbocycles. The van der Waals surface area contributed by atoms with Crippen LogP contribution in [-0.4, -0.2) is 50.6 Å². The Morgan fingerprint density at radius 2 is 1.76 bits per heavy atom. The standard InChI is InChI=1S/C28H31N7O3/c1-16(2)26(36)34-19-10-7-17(8-11-19)23-21(22-24(29)32-15-33-25(22)35(23)5)18-9-12-20(30-13-18)27(37)31-14-28(3,4)38-6/h7-13,15H,1,14H2,2-6H3,(H,31,37)(H,34,36)(H2,29,32,33). The minimum atomic E-state index is -0.492. The van der Waals surface area contributed by atoms with E-state index in [0.717, 1.165) is 22.4 Å². The largest absolute Gasteiger partial charge is 0.383 e. The Morgan fingerprint density at radius 1 is 1.08 bits per heavy atom. The number of nitrogens with one attached hydrogen (secondary N) is 2. The maximum atomic E-state index is 12.7. The first-order chi connectivity index (χ1) is 18.0. The lowest BCUT2D eigenvalue weighted by molar-refractivity contribution is -0.112. The van der Waals surface area contributed by atoms with Crippen LogP contribution in [0.4, 0.5) is 11.5 Å². The summed E-state index contributed by atoms with van der Waals surface area (Å²) in [5, 5.41) is 6.35. The van der Waals surface area contributed by atoms with Gasteiger partial charge in [-0.1, -0.05) is 24.8 Å². The van der Waals surface area contributed by atoms with Crippen LogP contribution in [0.25, 0.3) is 33.4 Å². The fraction of sp³-hybridized carbons (Fsp3) is 0.250. The second kappa shape index (κ2) is 10.4. The Hall–Kier alpha value is -4.57. The van der Waals surface area contributed by atoms with E-state index in [1.807, 2.05) is 55.8 Å². The average Bonchev–Trinajstić information content (AvgIpc) is 3.21. The van der Waals surface area contributed by atoms with E-state index in [0.29, 0.717) is 34.7 Å². The molecule has 0 bridgehead atoms. The minimum Gasteiger partial charge on any atom is -0.383 e. The van der Waals surface area contributed by atoms with E-state index in [4.69, 9.17) is 10.5 Å². The zero-order valence-corrected chi connectivity index (χ0v) is 22.1. The number of hydrogen-bond acceptors (Lipinski definition) is 7. The number of nitrogens with two attached hydrogens (primary N) is 1. The lowest BCUT2D eigenvalue weighted by atomic mass is 9.99. The number of methoxy groups -OCH3 is 1. The van der Waals surface area contributed by atoms with Gasteiger partial charge >= 0.3 is 0 Å². The van der Waals surface area contributed by atoms with E-state index in [-0.39, 0.29) is 17.5 Å². The highest BCUT2D eigenvalue weighted by Gasteiger charge is 2.23. The van der Waals surface area contributed by atoms with Gasteiger partial charge in [-0.15, -0.1) is 0 Å². The third kappa shape index (κ3) is 5.25. The summed E-state index contributed by atoms with van der Waals surface area (Å²) in [7, 11) is 3.50. The lowest BCUT2D eigenvalue weighted by Crippen LogP contribution is -2.39. The zero-order chi connectivity index (χ0) is 27.6. The molecule has 196 valence electrons. The molecular formula is C28H31N7O3. The first-order valence-corrected chi connectivity index (χ1v) is 12.0. The molecule has 0 saturated heterocycles. The van der Waals surface area contributed by atoms with Crippen LogP contribution < -0.4 is 16.4 Å². The maximum Gasteiger partial charge on any atom is 0.269 e. The van der Waals surface area contributed by atoms with Crippen molar-refractivity contribution in [1.29, 1.82) is 0 Å². The molecule has 4 rings (SSSR count). The number of nitrogens with zero attached hydrogens (tertiary/aromatic N) is 4. The van der Waals surface area contributed by atoms with E-state index in [1.54, 1.807) is 26.3 Å². The number of ether oxygens (including phenoxy) is 1.